The molecule has 15 heavy (non-hydrogen) atoms. The van der Waals surface area contributed by atoms with Crippen molar-refractivity contribution in [3.8, 4) is 0 Å². The first-order chi connectivity index (χ1) is 6.45. The van der Waals surface area contributed by atoms with E-state index in [1.54, 1.807) is 7.05 Å². The van der Waals surface area contributed by atoms with Gasteiger partial charge >= 0.3 is 18.9 Å². The molecule has 6 nitrogen and oxygen atoms in total. The van der Waals surface area contributed by atoms with Gasteiger partial charge in [0.1, 0.15) is 0 Å². The molecular weight excluding hydrogens is 234 g/mol. The average Bonchev–Trinajstić information content (AvgIpc) is 2.08. The number of rotatable bonds is 7. The van der Waals surface area contributed by atoms with Crippen LogP contribution >= 0.6 is 18.2 Å². The van der Waals surface area contributed by atoms with Crippen molar-refractivity contribution < 1.29 is 38.0 Å². The van der Waals surface area contributed by atoms with Gasteiger partial charge in [-0.15, -0.1) is 0 Å². The smallest absolute Gasteiger partial charge is 0.770 e. The van der Waals surface area contributed by atoms with Crippen LogP contribution in [0.25, 0.3) is 0 Å². The zero-order valence-electron chi connectivity index (χ0n) is 8.86. The molecule has 0 spiro atoms. The first-order valence-corrected chi connectivity index (χ1v) is 7.22. The van der Waals surface area contributed by atoms with Crippen LogP contribution in [0.3, 0.4) is 0 Å². The molecule has 1 atom stereocenters. The molecule has 0 bridgehead atoms. The van der Waals surface area contributed by atoms with Crippen LogP contribution in [0.4, 0.5) is 0 Å². The van der Waals surface area contributed by atoms with E-state index in [0.29, 0.717) is 30.9 Å². The maximum Gasteiger partial charge on any atom is 1.00 e. The summed E-state index contributed by atoms with van der Waals surface area (Å²) in [6, 6.07) is 0. The van der Waals surface area contributed by atoms with Crippen molar-refractivity contribution in [1.29, 1.82) is 0 Å². The van der Waals surface area contributed by atoms with E-state index < -0.39 is 6.80 Å². The van der Waals surface area contributed by atoms with E-state index in [-0.39, 0.29) is 30.5 Å². The molecule has 0 aliphatic rings. The van der Waals surface area contributed by atoms with Gasteiger partial charge in [-0.1, -0.05) is 11.4 Å². The molecule has 84 valence electrons. The Morgan fingerprint density at radius 3 is 2.60 bits per heavy atom. The van der Waals surface area contributed by atoms with E-state index in [4.69, 9.17) is 4.89 Å². The van der Waals surface area contributed by atoms with Gasteiger partial charge in [0, 0.05) is 32.3 Å². The Labute approximate surface area is 105 Å². The van der Waals surface area contributed by atoms with Gasteiger partial charge in [-0.25, -0.2) is 0 Å². The van der Waals surface area contributed by atoms with Crippen molar-refractivity contribution in [2.24, 2.45) is 0 Å². The van der Waals surface area contributed by atoms with Crippen LogP contribution in [-0.4, -0.2) is 36.7 Å². The minimum absolute atomic E-state index is 0. The zero-order chi connectivity index (χ0) is 11.0. The second kappa shape index (κ2) is 9.73. The Morgan fingerprint density at radius 1 is 1.53 bits per heavy atom. The molecule has 1 amide bonds. The maximum absolute atomic E-state index is 10.7. The maximum atomic E-state index is 10.7. The monoisotopic (exact) mass is 248 g/mol. The molecule has 0 aliphatic heterocycles. The second-order valence-electron chi connectivity index (χ2n) is 2.47. The van der Waals surface area contributed by atoms with Gasteiger partial charge in [-0.3, -0.25) is 9.36 Å². The molecule has 0 aromatic carbocycles. The van der Waals surface area contributed by atoms with E-state index >= 15 is 0 Å². The fraction of sp³-hybridized carbons (Fsp3) is 0.833. The zero-order valence-corrected chi connectivity index (χ0v) is 10.6. The van der Waals surface area contributed by atoms with Crippen LogP contribution < -0.4 is 34.4 Å². The summed E-state index contributed by atoms with van der Waals surface area (Å²) in [6.07, 6.45) is 0.356. The van der Waals surface area contributed by atoms with E-state index in [2.05, 4.69) is 10.6 Å². The van der Waals surface area contributed by atoms with Crippen LogP contribution in [-0.2, 0) is 9.36 Å². The molecule has 0 heterocycles. The number of carbonyl (C=O) groups is 1. The van der Waals surface area contributed by atoms with Gasteiger partial charge in [0.05, 0.1) is 0 Å². The summed E-state index contributed by atoms with van der Waals surface area (Å²) < 4.78 is 10.3. The van der Waals surface area contributed by atoms with Crippen molar-refractivity contribution in [1.82, 2.24) is 10.6 Å². The van der Waals surface area contributed by atoms with Gasteiger partial charge in [-0.2, -0.15) is 0 Å². The number of hydrogen-bond donors (Lipinski definition) is 3. The van der Waals surface area contributed by atoms with E-state index in [1.165, 1.54) is 0 Å². The minimum Gasteiger partial charge on any atom is -0.770 e. The molecule has 0 fully saturated rings. The van der Waals surface area contributed by atoms with E-state index in [9.17, 15) is 14.3 Å². The summed E-state index contributed by atoms with van der Waals surface area (Å²) in [5, 5.41) is 5.33. The quantitative estimate of drug-likeness (QED) is 0.240. The molecule has 0 aromatic heterocycles. The van der Waals surface area contributed by atoms with Crippen molar-refractivity contribution >= 4 is 24.1 Å². The molecule has 0 saturated heterocycles. The second-order valence-corrected chi connectivity index (χ2v) is 6.24. The molecule has 3 N–H and O–H groups in total. The normalized spacial score (nSPS) is 13.8. The predicted molar refractivity (Wildman–Crippen MR) is 53.8 cm³/mol. The molecule has 0 saturated carbocycles. The standard InChI is InChI=1S/C6H15N2O4PS.Li/c1-7-6(9)2-3-8-4-5-14-13(10,11)12;/h8H,2-5H2,1H3,(H,7,9)(H2,10,11,12);/q;+1/p-1. The fourth-order valence-electron chi connectivity index (χ4n) is 0.685. The van der Waals surface area contributed by atoms with Crippen LogP contribution in [0.5, 0.6) is 0 Å². The van der Waals surface area contributed by atoms with Crippen molar-refractivity contribution in [3.05, 3.63) is 0 Å². The van der Waals surface area contributed by atoms with Crippen LogP contribution in [0, 0.1) is 0 Å². The molecule has 0 radical (unpaired) electrons. The number of hydrogen-bond acceptors (Lipinski definition) is 5. The average molecular weight is 248 g/mol. The Balaban J connectivity index is 0. The van der Waals surface area contributed by atoms with Crippen LogP contribution in [0.1, 0.15) is 6.42 Å². The number of carbonyl (C=O) groups excluding carboxylic acids is 1. The Hall–Kier alpha value is 0.527. The summed E-state index contributed by atoms with van der Waals surface area (Å²) >= 11 is 0.491. The fourth-order valence-corrected chi connectivity index (χ4v) is 2.12. The predicted octanol–water partition coefficient (Wildman–Crippen LogP) is -4.09. The summed E-state index contributed by atoms with van der Waals surface area (Å²) in [6.45, 7) is -3.26. The van der Waals surface area contributed by atoms with Gasteiger partial charge in [0.25, 0.3) is 0 Å². The Morgan fingerprint density at radius 2 is 2.13 bits per heavy atom. The summed E-state index contributed by atoms with van der Waals surface area (Å²) in [5.74, 6) is 0.201. The minimum atomic E-state index is -4.19. The molecule has 0 rings (SSSR count). The van der Waals surface area contributed by atoms with Gasteiger partial charge < -0.3 is 20.4 Å². The first kappa shape index (κ1) is 17.9. The van der Waals surface area contributed by atoms with Crippen LogP contribution in [0.15, 0.2) is 0 Å². The van der Waals surface area contributed by atoms with Gasteiger partial charge in [-0.05, 0) is 0 Å². The topological polar surface area (TPSA) is 101 Å². The molecule has 9 heteroatoms. The van der Waals surface area contributed by atoms with Crippen LogP contribution in [0.2, 0.25) is 0 Å². The largest absolute Gasteiger partial charge is 1.00 e. The van der Waals surface area contributed by atoms with E-state index in [0.717, 1.165) is 0 Å². The van der Waals surface area contributed by atoms with Crippen molar-refractivity contribution in [3.63, 3.8) is 0 Å². The Bertz CT molecular complexity index is 225. The molecule has 1 unspecified atom stereocenters. The third-order valence-corrected chi connectivity index (χ3v) is 3.58. The number of amides is 1. The molecule has 0 aliphatic carbocycles. The van der Waals surface area contributed by atoms with Crippen molar-refractivity contribution in [2.45, 2.75) is 6.42 Å². The van der Waals surface area contributed by atoms with Gasteiger partial charge in [0.15, 0.2) is 6.80 Å². The summed E-state index contributed by atoms with van der Waals surface area (Å²) in [4.78, 5) is 29.4. The summed E-state index contributed by atoms with van der Waals surface area (Å²) in [7, 11) is 1.55. The van der Waals surface area contributed by atoms with E-state index in [1.807, 2.05) is 0 Å². The van der Waals surface area contributed by atoms with Gasteiger partial charge in [0.2, 0.25) is 5.91 Å². The third kappa shape index (κ3) is 14.5. The van der Waals surface area contributed by atoms with Crippen molar-refractivity contribution in [2.75, 3.05) is 25.9 Å². The Kier molecular flexibility index (Phi) is 11.6. The summed E-state index contributed by atoms with van der Waals surface area (Å²) in [5.41, 5.74) is 0. The first-order valence-electron chi connectivity index (χ1n) is 4.05. The molecular formula is C6H14LiN2O4PS. The third-order valence-electron chi connectivity index (χ3n) is 1.34. The number of nitrogens with one attached hydrogen (secondary N) is 2. The SMILES string of the molecule is CNC(=O)CCNCCSP(=O)([O-])O.[Li+]. The molecule has 0 aromatic rings.